The van der Waals surface area contributed by atoms with Gasteiger partial charge in [0.1, 0.15) is 11.6 Å². The van der Waals surface area contributed by atoms with Gasteiger partial charge in [0, 0.05) is 27.9 Å². The van der Waals surface area contributed by atoms with Gasteiger partial charge in [-0.05, 0) is 80.6 Å². The molecular formula is C24H26BrN3O. The minimum atomic E-state index is -0.410. The van der Waals surface area contributed by atoms with Gasteiger partial charge in [0.15, 0.2) is 0 Å². The summed E-state index contributed by atoms with van der Waals surface area (Å²) in [7, 11) is 0. The molecule has 3 rings (SSSR count). The zero-order valence-electron chi connectivity index (χ0n) is 17.3. The Morgan fingerprint density at radius 2 is 2.10 bits per heavy atom. The van der Waals surface area contributed by atoms with E-state index in [1.54, 1.807) is 18.2 Å². The quantitative estimate of drug-likeness (QED) is 0.450. The summed E-state index contributed by atoms with van der Waals surface area (Å²) in [5, 5.41) is 12.3. The Kier molecular flexibility index (Phi) is 6.14. The highest BCUT2D eigenvalue weighted by molar-refractivity contribution is 9.10. The molecule has 1 aliphatic heterocycles. The molecular weight excluding hydrogens is 426 g/mol. The van der Waals surface area contributed by atoms with Crippen LogP contribution in [0.5, 0.6) is 0 Å². The van der Waals surface area contributed by atoms with Crippen LogP contribution in [-0.4, -0.2) is 18.0 Å². The first-order valence-electron chi connectivity index (χ1n) is 9.85. The molecule has 0 spiro atoms. The lowest BCUT2D eigenvalue weighted by Crippen LogP contribution is -2.48. The highest BCUT2D eigenvalue weighted by Gasteiger charge is 2.35. The van der Waals surface area contributed by atoms with Crippen LogP contribution in [0.25, 0.3) is 6.08 Å². The number of carbonyl (C=O) groups is 1. The smallest absolute Gasteiger partial charge is 0.266 e. The van der Waals surface area contributed by atoms with Gasteiger partial charge in [-0.3, -0.25) is 4.79 Å². The van der Waals surface area contributed by atoms with Crippen LogP contribution in [0.15, 0.2) is 52.5 Å². The lowest BCUT2D eigenvalue weighted by molar-refractivity contribution is -0.112. The summed E-state index contributed by atoms with van der Waals surface area (Å²) < 4.78 is 0.866. The van der Waals surface area contributed by atoms with Crippen molar-refractivity contribution in [1.29, 1.82) is 5.26 Å². The number of amides is 1. The SMILES string of the molecule is CCN1c2ccc(/C=C(/C#N)C(=O)Nc3cccc(Br)c3)cc2[C@H](C)CC1(C)C. The maximum atomic E-state index is 12.6. The van der Waals surface area contributed by atoms with Crippen molar-refractivity contribution in [3.8, 4) is 6.07 Å². The normalized spacial score (nSPS) is 18.0. The predicted octanol–water partition coefficient (Wildman–Crippen LogP) is 6.11. The Hall–Kier alpha value is -2.58. The van der Waals surface area contributed by atoms with Gasteiger partial charge in [0.2, 0.25) is 0 Å². The molecule has 0 aromatic heterocycles. The van der Waals surface area contributed by atoms with Crippen molar-refractivity contribution in [2.24, 2.45) is 0 Å². The van der Waals surface area contributed by atoms with E-state index in [1.807, 2.05) is 24.3 Å². The molecule has 1 aliphatic rings. The Bertz CT molecular complexity index is 1000. The minimum Gasteiger partial charge on any atom is -0.366 e. The number of rotatable bonds is 4. The number of anilines is 2. The molecule has 5 heteroatoms. The van der Waals surface area contributed by atoms with E-state index in [0.717, 1.165) is 23.0 Å². The van der Waals surface area contributed by atoms with Gasteiger partial charge in [-0.1, -0.05) is 35.0 Å². The van der Waals surface area contributed by atoms with Crippen molar-refractivity contribution in [2.45, 2.75) is 45.6 Å². The average molecular weight is 452 g/mol. The lowest BCUT2D eigenvalue weighted by Gasteiger charge is -2.47. The van der Waals surface area contributed by atoms with Crippen LogP contribution in [0.2, 0.25) is 0 Å². The van der Waals surface area contributed by atoms with E-state index in [-0.39, 0.29) is 11.1 Å². The summed E-state index contributed by atoms with van der Waals surface area (Å²) in [6.45, 7) is 9.93. The molecule has 4 nitrogen and oxygen atoms in total. The summed E-state index contributed by atoms with van der Waals surface area (Å²) in [5.41, 5.74) is 4.22. The van der Waals surface area contributed by atoms with E-state index >= 15 is 0 Å². The highest BCUT2D eigenvalue weighted by Crippen LogP contribution is 2.43. The van der Waals surface area contributed by atoms with Gasteiger partial charge >= 0.3 is 0 Å². The first-order chi connectivity index (χ1) is 13.7. The van der Waals surface area contributed by atoms with Crippen molar-refractivity contribution < 1.29 is 4.79 Å². The van der Waals surface area contributed by atoms with Gasteiger partial charge < -0.3 is 10.2 Å². The number of hydrogen-bond acceptors (Lipinski definition) is 3. The highest BCUT2D eigenvalue weighted by atomic mass is 79.9. The van der Waals surface area contributed by atoms with E-state index in [4.69, 9.17) is 0 Å². The second-order valence-electron chi connectivity index (χ2n) is 8.11. The summed E-state index contributed by atoms with van der Waals surface area (Å²) in [6.07, 6.45) is 2.73. The molecule has 2 aromatic carbocycles. The van der Waals surface area contributed by atoms with Crippen LogP contribution < -0.4 is 10.2 Å². The second-order valence-corrected chi connectivity index (χ2v) is 9.03. The summed E-state index contributed by atoms with van der Waals surface area (Å²) in [4.78, 5) is 15.0. The van der Waals surface area contributed by atoms with Gasteiger partial charge in [-0.25, -0.2) is 0 Å². The van der Waals surface area contributed by atoms with Crippen LogP contribution in [0.4, 0.5) is 11.4 Å². The molecule has 0 aliphatic carbocycles. The number of halogens is 1. The van der Waals surface area contributed by atoms with E-state index in [1.165, 1.54) is 11.3 Å². The molecule has 0 bridgehead atoms. The van der Waals surface area contributed by atoms with E-state index in [0.29, 0.717) is 11.6 Å². The number of nitriles is 1. The lowest BCUT2D eigenvalue weighted by atomic mass is 9.79. The third-order valence-corrected chi connectivity index (χ3v) is 5.98. The molecule has 0 fully saturated rings. The van der Waals surface area contributed by atoms with Gasteiger partial charge in [0.25, 0.3) is 5.91 Å². The monoisotopic (exact) mass is 451 g/mol. The fourth-order valence-electron chi connectivity index (χ4n) is 4.28. The fourth-order valence-corrected chi connectivity index (χ4v) is 4.68. The molecule has 0 saturated heterocycles. The zero-order valence-corrected chi connectivity index (χ0v) is 18.9. The molecule has 150 valence electrons. The van der Waals surface area contributed by atoms with Crippen molar-refractivity contribution in [3.05, 3.63) is 63.6 Å². The molecule has 0 radical (unpaired) electrons. The molecule has 1 amide bonds. The first-order valence-corrected chi connectivity index (χ1v) is 10.6. The number of hydrogen-bond donors (Lipinski definition) is 1. The zero-order chi connectivity index (χ0) is 21.2. The van der Waals surface area contributed by atoms with Crippen LogP contribution in [0, 0.1) is 11.3 Å². The number of nitrogens with zero attached hydrogens (tertiary/aromatic N) is 2. The Morgan fingerprint density at radius 3 is 2.76 bits per heavy atom. The Labute approximate surface area is 181 Å². The van der Waals surface area contributed by atoms with Crippen molar-refractivity contribution in [2.75, 3.05) is 16.8 Å². The summed E-state index contributed by atoms with van der Waals surface area (Å²) in [6, 6.07) is 15.6. The largest absolute Gasteiger partial charge is 0.366 e. The molecule has 1 heterocycles. The first kappa shape index (κ1) is 21.1. The molecule has 0 unspecified atom stereocenters. The molecule has 1 atom stereocenters. The van der Waals surface area contributed by atoms with Gasteiger partial charge in [0.05, 0.1) is 0 Å². The molecule has 1 N–H and O–H groups in total. The fraction of sp³-hybridized carbons (Fsp3) is 0.333. The maximum Gasteiger partial charge on any atom is 0.266 e. The van der Waals surface area contributed by atoms with E-state index in [2.05, 4.69) is 66.0 Å². The van der Waals surface area contributed by atoms with Gasteiger partial charge in [-0.2, -0.15) is 5.26 Å². The van der Waals surface area contributed by atoms with Gasteiger partial charge in [-0.15, -0.1) is 0 Å². The van der Waals surface area contributed by atoms with Crippen LogP contribution in [0.3, 0.4) is 0 Å². The van der Waals surface area contributed by atoms with Crippen LogP contribution in [0.1, 0.15) is 51.2 Å². The predicted molar refractivity (Wildman–Crippen MR) is 123 cm³/mol. The van der Waals surface area contributed by atoms with Crippen molar-refractivity contribution in [1.82, 2.24) is 0 Å². The number of carbonyl (C=O) groups excluding carboxylic acids is 1. The third-order valence-electron chi connectivity index (χ3n) is 5.48. The average Bonchev–Trinajstić information content (AvgIpc) is 2.66. The molecule has 0 saturated carbocycles. The molecule has 29 heavy (non-hydrogen) atoms. The third kappa shape index (κ3) is 4.54. The summed E-state index contributed by atoms with van der Waals surface area (Å²) >= 11 is 3.38. The van der Waals surface area contributed by atoms with Crippen molar-refractivity contribution in [3.63, 3.8) is 0 Å². The number of nitrogens with one attached hydrogen (secondary N) is 1. The standard InChI is InChI=1S/C24H26BrN3O/c1-5-28-22-10-9-17(12-21(22)16(2)14-24(28,3)4)11-18(15-26)23(29)27-20-8-6-7-19(25)13-20/h6-13,16H,5,14H2,1-4H3,(H,27,29)/b18-11-/t16-/m1/s1. The van der Waals surface area contributed by atoms with Crippen molar-refractivity contribution >= 4 is 39.3 Å². The Morgan fingerprint density at radius 1 is 1.34 bits per heavy atom. The minimum absolute atomic E-state index is 0.0843. The number of fused-ring (bicyclic) bond motifs is 1. The van der Waals surface area contributed by atoms with E-state index < -0.39 is 5.91 Å². The Balaban J connectivity index is 1.90. The van der Waals surface area contributed by atoms with Crippen LogP contribution in [-0.2, 0) is 4.79 Å². The van der Waals surface area contributed by atoms with Crippen LogP contribution >= 0.6 is 15.9 Å². The molecule has 2 aromatic rings. The second kappa shape index (κ2) is 8.42. The summed E-state index contributed by atoms with van der Waals surface area (Å²) in [5.74, 6) is 0.00451. The van der Waals surface area contributed by atoms with E-state index in [9.17, 15) is 10.1 Å². The number of benzene rings is 2. The topological polar surface area (TPSA) is 56.1 Å². The maximum absolute atomic E-state index is 12.6.